The van der Waals surface area contributed by atoms with E-state index >= 15 is 0 Å². The van der Waals surface area contributed by atoms with Crippen molar-refractivity contribution in [1.82, 2.24) is 13.7 Å². The van der Waals surface area contributed by atoms with Gasteiger partial charge in [0.25, 0.3) is 0 Å². The molecule has 0 aliphatic heterocycles. The van der Waals surface area contributed by atoms with Gasteiger partial charge in [-0.05, 0) is 56.2 Å². The first-order valence-corrected chi connectivity index (χ1v) is 14.4. The zero-order valence-corrected chi connectivity index (χ0v) is 20.1. The highest BCUT2D eigenvalue weighted by molar-refractivity contribution is 7.38. The molecule has 9 heteroatoms. The molecule has 0 fully saturated rings. The third-order valence-corrected chi connectivity index (χ3v) is 7.96. The Labute approximate surface area is 167 Å². The molecule has 6 nitrogen and oxygen atoms in total. The third-order valence-electron chi connectivity index (χ3n) is 4.34. The van der Waals surface area contributed by atoms with Gasteiger partial charge in [-0.3, -0.25) is 0 Å². The molecule has 0 radical (unpaired) electrons. The van der Waals surface area contributed by atoms with Gasteiger partial charge in [-0.1, -0.05) is 20.8 Å². The van der Waals surface area contributed by atoms with Crippen LogP contribution < -0.4 is 17.1 Å². The molecule has 0 saturated heterocycles. The minimum absolute atomic E-state index is 0.415. The lowest BCUT2D eigenvalue weighted by atomic mass is 10.4. The average Bonchev–Trinajstić information content (AvgIpc) is 2.66. The Kier molecular flexibility index (Phi) is 13.4. The predicted molar refractivity (Wildman–Crippen MR) is 124 cm³/mol. The molecule has 3 atom stereocenters. The Morgan fingerprint density at radius 1 is 0.556 bits per heavy atom. The van der Waals surface area contributed by atoms with Crippen LogP contribution in [0.3, 0.4) is 0 Å². The molecule has 0 aliphatic carbocycles. The Bertz CT molecular complexity index is 587. The fourth-order valence-corrected chi connectivity index (χ4v) is 5.16. The van der Waals surface area contributed by atoms with Crippen molar-refractivity contribution >= 4 is 25.7 Å². The largest absolute Gasteiger partial charge is 0.336 e. The monoisotopic (exact) mass is 435 g/mol. The SMILES string of the molecule is CCPCCCn1c(=O)n(CCCPCC)c(=O)n(CCCPCC)c1=O. The van der Waals surface area contributed by atoms with Crippen molar-refractivity contribution < 1.29 is 0 Å². The fraction of sp³-hybridized carbons (Fsp3) is 0.833. The topological polar surface area (TPSA) is 66.0 Å². The molecule has 0 spiro atoms. The third kappa shape index (κ3) is 8.30. The van der Waals surface area contributed by atoms with Gasteiger partial charge in [-0.25, -0.2) is 28.1 Å². The Morgan fingerprint density at radius 2 is 0.815 bits per heavy atom. The summed E-state index contributed by atoms with van der Waals surface area (Å²) in [6, 6.07) is 0. The van der Waals surface area contributed by atoms with Crippen LogP contribution in [0, 0.1) is 0 Å². The minimum Gasteiger partial charge on any atom is -0.247 e. The molecule has 0 bridgehead atoms. The molecule has 0 N–H and O–H groups in total. The van der Waals surface area contributed by atoms with E-state index in [0.717, 1.165) is 82.0 Å². The summed E-state index contributed by atoms with van der Waals surface area (Å²) in [5.41, 5.74) is -1.26. The van der Waals surface area contributed by atoms with Crippen molar-refractivity contribution in [3.63, 3.8) is 0 Å². The van der Waals surface area contributed by atoms with Gasteiger partial charge in [0, 0.05) is 19.6 Å². The molecule has 3 unspecified atom stereocenters. The minimum atomic E-state index is -0.420. The summed E-state index contributed by atoms with van der Waals surface area (Å²) in [6.07, 6.45) is 8.92. The summed E-state index contributed by atoms with van der Waals surface area (Å²) < 4.78 is 3.89. The van der Waals surface area contributed by atoms with E-state index in [1.165, 1.54) is 13.7 Å². The van der Waals surface area contributed by atoms with Crippen molar-refractivity contribution in [2.24, 2.45) is 0 Å². The van der Waals surface area contributed by atoms with E-state index in [2.05, 4.69) is 20.8 Å². The zero-order chi connectivity index (χ0) is 20.1. The fourth-order valence-electron chi connectivity index (χ4n) is 2.87. The van der Waals surface area contributed by atoms with Gasteiger partial charge in [0.2, 0.25) is 0 Å². The van der Waals surface area contributed by atoms with Crippen LogP contribution in [0.25, 0.3) is 0 Å². The van der Waals surface area contributed by atoms with Crippen LogP contribution >= 0.6 is 25.7 Å². The molecule has 0 aromatic carbocycles. The van der Waals surface area contributed by atoms with Crippen LogP contribution in [0.2, 0.25) is 0 Å². The number of aromatic nitrogens is 3. The maximum atomic E-state index is 12.8. The van der Waals surface area contributed by atoms with E-state index < -0.39 is 17.1 Å². The lowest BCUT2D eigenvalue weighted by Gasteiger charge is -2.14. The maximum absolute atomic E-state index is 12.8. The molecule has 156 valence electrons. The van der Waals surface area contributed by atoms with E-state index in [1.807, 2.05) is 0 Å². The van der Waals surface area contributed by atoms with Gasteiger partial charge in [0.15, 0.2) is 0 Å². The molecule has 1 aromatic heterocycles. The normalized spacial score (nSPS) is 12.6. The Hall–Kier alpha value is -0.300. The smallest absolute Gasteiger partial charge is 0.247 e. The molecule has 1 heterocycles. The van der Waals surface area contributed by atoms with Crippen molar-refractivity contribution in [3.05, 3.63) is 31.5 Å². The summed E-state index contributed by atoms with van der Waals surface area (Å²) in [4.78, 5) is 38.4. The number of rotatable bonds is 15. The molecule has 0 saturated carbocycles. The van der Waals surface area contributed by atoms with Gasteiger partial charge in [0.1, 0.15) is 0 Å². The first kappa shape index (κ1) is 24.7. The lowest BCUT2D eigenvalue weighted by Crippen LogP contribution is -2.54. The molecule has 27 heavy (non-hydrogen) atoms. The van der Waals surface area contributed by atoms with Crippen molar-refractivity contribution in [3.8, 4) is 0 Å². The van der Waals surface area contributed by atoms with Gasteiger partial charge >= 0.3 is 17.1 Å². The molecule has 1 rings (SSSR count). The number of hydrogen-bond acceptors (Lipinski definition) is 3. The van der Waals surface area contributed by atoms with E-state index in [9.17, 15) is 14.4 Å². The first-order valence-electron chi connectivity index (χ1n) is 10.1. The molecular weight excluding hydrogens is 399 g/mol. The van der Waals surface area contributed by atoms with Crippen LogP contribution in [-0.2, 0) is 19.6 Å². The second kappa shape index (κ2) is 14.7. The van der Waals surface area contributed by atoms with Crippen molar-refractivity contribution in [2.75, 3.05) is 37.0 Å². The summed E-state index contributed by atoms with van der Waals surface area (Å²) in [7, 11) is 2.58. The Morgan fingerprint density at radius 3 is 1.04 bits per heavy atom. The average molecular weight is 435 g/mol. The first-order chi connectivity index (χ1) is 13.1. The van der Waals surface area contributed by atoms with Crippen LogP contribution in [0.5, 0.6) is 0 Å². The van der Waals surface area contributed by atoms with Gasteiger partial charge in [-0.2, -0.15) is 0 Å². The predicted octanol–water partition coefficient (Wildman–Crippen LogP) is 2.44. The number of nitrogens with zero attached hydrogens (tertiary/aromatic N) is 3. The molecule has 0 aliphatic rings. The van der Waals surface area contributed by atoms with Gasteiger partial charge in [0.05, 0.1) is 0 Å². The molecule has 0 amide bonds. The summed E-state index contributed by atoms with van der Waals surface area (Å²) in [6.45, 7) is 7.68. The quantitative estimate of drug-likeness (QED) is 0.314. The highest BCUT2D eigenvalue weighted by Crippen LogP contribution is 2.11. The van der Waals surface area contributed by atoms with E-state index in [0.29, 0.717) is 19.6 Å². The van der Waals surface area contributed by atoms with Crippen LogP contribution in [0.15, 0.2) is 14.4 Å². The summed E-state index contributed by atoms with van der Waals surface area (Å²) in [5, 5.41) is 0. The summed E-state index contributed by atoms with van der Waals surface area (Å²) in [5.74, 6) is 0. The standard InChI is InChI=1S/C18H36N3O3P3/c1-4-25-13-7-10-19-16(22)20(11-8-14-26-5-2)18(24)21(17(19)23)12-9-15-27-6-3/h25-27H,4-15H2,1-3H3. The van der Waals surface area contributed by atoms with Gasteiger partial charge in [-0.15, -0.1) is 25.7 Å². The second-order valence-corrected chi connectivity index (χ2v) is 11.5. The van der Waals surface area contributed by atoms with E-state index in [4.69, 9.17) is 0 Å². The van der Waals surface area contributed by atoms with Crippen LogP contribution in [0.4, 0.5) is 0 Å². The number of hydrogen-bond donors (Lipinski definition) is 0. The van der Waals surface area contributed by atoms with E-state index in [1.54, 1.807) is 0 Å². The lowest BCUT2D eigenvalue weighted by molar-refractivity contribution is 0.439. The maximum Gasteiger partial charge on any atom is 0.336 e. The van der Waals surface area contributed by atoms with Crippen molar-refractivity contribution in [2.45, 2.75) is 59.7 Å². The highest BCUT2D eigenvalue weighted by atomic mass is 31.1. The summed E-state index contributed by atoms with van der Waals surface area (Å²) >= 11 is 0. The van der Waals surface area contributed by atoms with E-state index in [-0.39, 0.29) is 0 Å². The van der Waals surface area contributed by atoms with Crippen molar-refractivity contribution in [1.29, 1.82) is 0 Å². The van der Waals surface area contributed by atoms with Crippen LogP contribution in [0.1, 0.15) is 40.0 Å². The molecular formula is C18H36N3O3P3. The highest BCUT2D eigenvalue weighted by Gasteiger charge is 2.14. The van der Waals surface area contributed by atoms with Gasteiger partial charge < -0.3 is 0 Å². The zero-order valence-electron chi connectivity index (χ0n) is 17.1. The molecule has 1 aromatic rings. The van der Waals surface area contributed by atoms with Crippen LogP contribution in [-0.4, -0.2) is 50.7 Å². The Balaban J connectivity index is 3.09. The second-order valence-electron chi connectivity index (χ2n) is 6.42.